The number of amides is 1. The molecule has 0 heterocycles. The summed E-state index contributed by atoms with van der Waals surface area (Å²) in [6.45, 7) is -0.287. The lowest BCUT2D eigenvalue weighted by Gasteiger charge is -2.08. The lowest BCUT2D eigenvalue weighted by molar-refractivity contribution is -0.274. The second kappa shape index (κ2) is 9.80. The number of benzene rings is 2. The van der Waals surface area contributed by atoms with Gasteiger partial charge in [0.05, 0.1) is 0 Å². The van der Waals surface area contributed by atoms with Crippen molar-refractivity contribution in [3.63, 3.8) is 0 Å². The Morgan fingerprint density at radius 1 is 1.07 bits per heavy atom. The molecule has 2 aromatic carbocycles. The highest BCUT2D eigenvalue weighted by atomic mass is 35.5. The molecule has 0 unspecified atom stereocenters. The summed E-state index contributed by atoms with van der Waals surface area (Å²) in [7, 11) is 0. The number of carbonyl (C=O) groups excluding carboxylic acids is 2. The minimum atomic E-state index is -4.77. The van der Waals surface area contributed by atoms with Crippen LogP contribution in [-0.2, 0) is 20.9 Å². The molecule has 28 heavy (non-hydrogen) atoms. The van der Waals surface area contributed by atoms with Crippen LogP contribution in [0.4, 0.5) is 13.2 Å². The Labute approximate surface area is 163 Å². The third-order valence-electron chi connectivity index (χ3n) is 3.30. The lowest BCUT2D eigenvalue weighted by Crippen LogP contribution is -2.28. The molecule has 1 amide bonds. The van der Waals surface area contributed by atoms with Crippen LogP contribution in [-0.4, -0.2) is 24.8 Å². The average molecular weight is 414 g/mol. The molecule has 9 heteroatoms. The number of halogens is 4. The summed E-state index contributed by atoms with van der Waals surface area (Å²) >= 11 is 5.97. The first-order valence-corrected chi connectivity index (χ1v) is 8.31. The molecule has 2 aromatic rings. The first-order valence-electron chi connectivity index (χ1n) is 7.94. The number of rotatable bonds is 7. The van der Waals surface area contributed by atoms with E-state index in [2.05, 4.69) is 10.1 Å². The van der Waals surface area contributed by atoms with E-state index >= 15 is 0 Å². The Morgan fingerprint density at radius 3 is 2.39 bits per heavy atom. The normalized spacial score (nSPS) is 11.3. The molecule has 148 valence electrons. The molecule has 0 aliphatic carbocycles. The summed E-state index contributed by atoms with van der Waals surface area (Å²) in [6, 6.07) is 11.9. The SMILES string of the molecule is O=C(COC(=O)/C=C/c1ccc(OC(F)(F)F)cc1)NCc1ccccc1Cl. The van der Waals surface area contributed by atoms with Crippen LogP contribution in [0.15, 0.2) is 54.6 Å². The van der Waals surface area contributed by atoms with E-state index < -0.39 is 24.8 Å². The maximum absolute atomic E-state index is 12.1. The van der Waals surface area contributed by atoms with Gasteiger partial charge in [-0.05, 0) is 35.4 Å². The predicted molar refractivity (Wildman–Crippen MR) is 96.4 cm³/mol. The fourth-order valence-corrected chi connectivity index (χ4v) is 2.22. The monoisotopic (exact) mass is 413 g/mol. The van der Waals surface area contributed by atoms with E-state index in [1.807, 2.05) is 0 Å². The molecule has 0 saturated heterocycles. The van der Waals surface area contributed by atoms with Crippen molar-refractivity contribution in [2.75, 3.05) is 6.61 Å². The van der Waals surface area contributed by atoms with E-state index in [1.165, 1.54) is 18.2 Å². The maximum atomic E-state index is 12.1. The highest BCUT2D eigenvalue weighted by Crippen LogP contribution is 2.23. The summed E-state index contributed by atoms with van der Waals surface area (Å²) < 4.78 is 44.8. The predicted octanol–water partition coefficient (Wildman–Crippen LogP) is 4.11. The van der Waals surface area contributed by atoms with Gasteiger partial charge in [0.1, 0.15) is 5.75 Å². The molecular weight excluding hydrogens is 399 g/mol. The zero-order chi connectivity index (χ0) is 20.6. The van der Waals surface area contributed by atoms with Gasteiger partial charge >= 0.3 is 12.3 Å². The highest BCUT2D eigenvalue weighted by molar-refractivity contribution is 6.31. The average Bonchev–Trinajstić information content (AvgIpc) is 2.64. The van der Waals surface area contributed by atoms with Gasteiger partial charge < -0.3 is 14.8 Å². The Kier molecular flexibility index (Phi) is 7.45. The minimum Gasteiger partial charge on any atom is -0.452 e. The van der Waals surface area contributed by atoms with Gasteiger partial charge in [0.25, 0.3) is 5.91 Å². The van der Waals surface area contributed by atoms with Crippen molar-refractivity contribution in [1.82, 2.24) is 5.32 Å². The molecule has 0 radical (unpaired) electrons. The molecule has 1 N–H and O–H groups in total. The van der Waals surface area contributed by atoms with Crippen LogP contribution in [0.5, 0.6) is 5.75 Å². The van der Waals surface area contributed by atoms with Gasteiger partial charge in [0, 0.05) is 17.6 Å². The molecule has 0 fully saturated rings. The minimum absolute atomic E-state index is 0.193. The Balaban J connectivity index is 1.75. The van der Waals surface area contributed by atoms with Crippen LogP contribution in [0.2, 0.25) is 5.02 Å². The fraction of sp³-hybridized carbons (Fsp3) is 0.158. The quantitative estimate of drug-likeness (QED) is 0.548. The van der Waals surface area contributed by atoms with Crippen molar-refractivity contribution in [3.8, 4) is 5.75 Å². The van der Waals surface area contributed by atoms with Crippen molar-refractivity contribution in [2.45, 2.75) is 12.9 Å². The van der Waals surface area contributed by atoms with Crippen LogP contribution in [0.25, 0.3) is 6.08 Å². The van der Waals surface area contributed by atoms with E-state index in [9.17, 15) is 22.8 Å². The molecule has 0 aliphatic rings. The Morgan fingerprint density at radius 2 is 1.75 bits per heavy atom. The van der Waals surface area contributed by atoms with Gasteiger partial charge in [-0.1, -0.05) is 41.9 Å². The van der Waals surface area contributed by atoms with Gasteiger partial charge in [0.2, 0.25) is 0 Å². The van der Waals surface area contributed by atoms with Crippen LogP contribution in [0.3, 0.4) is 0 Å². The summed E-state index contributed by atoms with van der Waals surface area (Å²) in [5.41, 5.74) is 1.18. The first kappa shape index (κ1) is 21.3. The summed E-state index contributed by atoms with van der Waals surface area (Å²) in [5, 5.41) is 3.07. The molecule has 0 aliphatic heterocycles. The summed E-state index contributed by atoms with van der Waals surface area (Å²) in [4.78, 5) is 23.3. The number of carbonyl (C=O) groups is 2. The Bertz CT molecular complexity index is 851. The van der Waals surface area contributed by atoms with Crippen molar-refractivity contribution in [3.05, 3.63) is 70.8 Å². The first-order chi connectivity index (χ1) is 13.2. The molecule has 0 spiro atoms. The maximum Gasteiger partial charge on any atom is 0.573 e. The molecule has 0 saturated carbocycles. The molecule has 0 aromatic heterocycles. The molecule has 0 bridgehead atoms. The van der Waals surface area contributed by atoms with E-state index in [-0.39, 0.29) is 12.3 Å². The van der Waals surface area contributed by atoms with Crippen LogP contribution >= 0.6 is 11.6 Å². The number of alkyl halides is 3. The number of esters is 1. The lowest BCUT2D eigenvalue weighted by atomic mass is 10.2. The number of hydrogen-bond acceptors (Lipinski definition) is 4. The van der Waals surface area contributed by atoms with Gasteiger partial charge in [-0.25, -0.2) is 4.79 Å². The zero-order valence-electron chi connectivity index (χ0n) is 14.3. The standard InChI is InChI=1S/C19H15ClF3NO4/c20-16-4-2-1-3-14(16)11-24-17(25)12-27-18(26)10-7-13-5-8-15(9-6-13)28-19(21,22)23/h1-10H,11-12H2,(H,24,25)/b10-7+. The van der Waals surface area contributed by atoms with Crippen molar-refractivity contribution >= 4 is 29.6 Å². The van der Waals surface area contributed by atoms with Crippen LogP contribution in [0.1, 0.15) is 11.1 Å². The second-order valence-corrected chi connectivity index (χ2v) is 5.83. The van der Waals surface area contributed by atoms with E-state index in [4.69, 9.17) is 16.3 Å². The fourth-order valence-electron chi connectivity index (χ4n) is 2.02. The largest absolute Gasteiger partial charge is 0.573 e. The van der Waals surface area contributed by atoms with Crippen molar-refractivity contribution in [2.24, 2.45) is 0 Å². The van der Waals surface area contributed by atoms with Crippen molar-refractivity contribution in [1.29, 1.82) is 0 Å². The smallest absolute Gasteiger partial charge is 0.452 e. The third kappa shape index (κ3) is 7.71. The third-order valence-corrected chi connectivity index (χ3v) is 3.67. The topological polar surface area (TPSA) is 64.6 Å². The van der Waals surface area contributed by atoms with Crippen LogP contribution < -0.4 is 10.1 Å². The molecule has 5 nitrogen and oxygen atoms in total. The van der Waals surface area contributed by atoms with E-state index in [0.717, 1.165) is 23.8 Å². The Hall–Kier alpha value is -3.00. The van der Waals surface area contributed by atoms with Gasteiger partial charge in [0.15, 0.2) is 6.61 Å². The second-order valence-electron chi connectivity index (χ2n) is 5.43. The highest BCUT2D eigenvalue weighted by Gasteiger charge is 2.30. The molecule has 0 atom stereocenters. The van der Waals surface area contributed by atoms with Crippen molar-refractivity contribution < 1.29 is 32.2 Å². The summed E-state index contributed by atoms with van der Waals surface area (Å²) in [5.74, 6) is -1.65. The molecule has 2 rings (SSSR count). The van der Waals surface area contributed by atoms with E-state index in [0.29, 0.717) is 10.6 Å². The zero-order valence-corrected chi connectivity index (χ0v) is 15.1. The van der Waals surface area contributed by atoms with Gasteiger partial charge in [-0.3, -0.25) is 4.79 Å². The van der Waals surface area contributed by atoms with E-state index in [1.54, 1.807) is 24.3 Å². The number of hydrogen-bond donors (Lipinski definition) is 1. The number of nitrogens with one attached hydrogen (secondary N) is 1. The van der Waals surface area contributed by atoms with Gasteiger partial charge in [-0.2, -0.15) is 0 Å². The van der Waals surface area contributed by atoms with Crippen LogP contribution in [0, 0.1) is 0 Å². The molecular formula is C19H15ClF3NO4. The summed E-state index contributed by atoms with van der Waals surface area (Å²) in [6.07, 6.45) is -2.38. The van der Waals surface area contributed by atoms with Gasteiger partial charge in [-0.15, -0.1) is 13.2 Å². The number of ether oxygens (including phenoxy) is 2.